The van der Waals surface area contributed by atoms with Crippen molar-refractivity contribution in [1.82, 2.24) is 0 Å². The van der Waals surface area contributed by atoms with Crippen LogP contribution in [0.25, 0.3) is 0 Å². The molecule has 0 saturated heterocycles. The van der Waals surface area contributed by atoms with E-state index in [0.29, 0.717) is 6.61 Å². The summed E-state index contributed by atoms with van der Waals surface area (Å²) in [6.45, 7) is 2.65. The minimum Gasteiger partial charge on any atom is -0.465 e. The van der Waals surface area contributed by atoms with Crippen molar-refractivity contribution in [3.63, 3.8) is 0 Å². The SMILES string of the molecule is CCCCOC(=O)C1CCC(N)C1.Cl. The highest BCUT2D eigenvalue weighted by Crippen LogP contribution is 2.25. The van der Waals surface area contributed by atoms with E-state index >= 15 is 0 Å². The van der Waals surface area contributed by atoms with Crippen molar-refractivity contribution >= 4 is 18.4 Å². The van der Waals surface area contributed by atoms with Crippen molar-refractivity contribution in [2.24, 2.45) is 11.7 Å². The molecule has 1 rings (SSSR count). The number of nitrogens with two attached hydrogens (primary N) is 1. The van der Waals surface area contributed by atoms with Crippen molar-refractivity contribution in [3.05, 3.63) is 0 Å². The molecule has 4 heteroatoms. The Morgan fingerprint density at radius 2 is 2.21 bits per heavy atom. The first-order valence-electron chi connectivity index (χ1n) is 5.16. The molecule has 1 saturated carbocycles. The number of hydrogen-bond donors (Lipinski definition) is 1. The maximum Gasteiger partial charge on any atom is 0.308 e. The van der Waals surface area contributed by atoms with Gasteiger partial charge < -0.3 is 10.5 Å². The van der Waals surface area contributed by atoms with Gasteiger partial charge in [-0.2, -0.15) is 0 Å². The number of unbranched alkanes of at least 4 members (excludes halogenated alkanes) is 1. The molecule has 0 radical (unpaired) electrons. The van der Waals surface area contributed by atoms with Gasteiger partial charge in [0.1, 0.15) is 0 Å². The lowest BCUT2D eigenvalue weighted by atomic mass is 10.1. The number of rotatable bonds is 4. The van der Waals surface area contributed by atoms with Crippen molar-refractivity contribution in [2.45, 2.75) is 45.1 Å². The van der Waals surface area contributed by atoms with Crippen LogP contribution in [0.15, 0.2) is 0 Å². The number of carbonyl (C=O) groups excluding carboxylic acids is 1. The lowest BCUT2D eigenvalue weighted by Gasteiger charge is -2.09. The summed E-state index contributed by atoms with van der Waals surface area (Å²) < 4.78 is 5.12. The summed E-state index contributed by atoms with van der Waals surface area (Å²) in [5.74, 6) is 0.0354. The van der Waals surface area contributed by atoms with Crippen LogP contribution in [0.3, 0.4) is 0 Å². The summed E-state index contributed by atoms with van der Waals surface area (Å²) in [5, 5.41) is 0. The van der Waals surface area contributed by atoms with E-state index in [2.05, 4.69) is 6.92 Å². The Bertz CT molecular complexity index is 176. The Morgan fingerprint density at radius 1 is 1.50 bits per heavy atom. The van der Waals surface area contributed by atoms with Gasteiger partial charge in [-0.05, 0) is 25.7 Å². The molecule has 0 spiro atoms. The van der Waals surface area contributed by atoms with Gasteiger partial charge in [0.2, 0.25) is 0 Å². The van der Waals surface area contributed by atoms with E-state index in [1.807, 2.05) is 0 Å². The van der Waals surface area contributed by atoms with Crippen molar-refractivity contribution in [1.29, 1.82) is 0 Å². The fraction of sp³-hybridized carbons (Fsp3) is 0.900. The summed E-state index contributed by atoms with van der Waals surface area (Å²) >= 11 is 0. The Kier molecular flexibility index (Phi) is 6.93. The third-order valence-electron chi connectivity index (χ3n) is 2.55. The molecular weight excluding hydrogens is 202 g/mol. The minimum absolute atomic E-state index is 0. The fourth-order valence-corrected chi connectivity index (χ4v) is 1.67. The molecule has 0 bridgehead atoms. The second-order valence-electron chi connectivity index (χ2n) is 3.79. The van der Waals surface area contributed by atoms with Crippen LogP contribution in [0.5, 0.6) is 0 Å². The Morgan fingerprint density at radius 3 is 2.71 bits per heavy atom. The van der Waals surface area contributed by atoms with E-state index in [4.69, 9.17) is 10.5 Å². The zero-order valence-corrected chi connectivity index (χ0v) is 9.52. The first kappa shape index (κ1) is 13.7. The summed E-state index contributed by atoms with van der Waals surface area (Å²) in [6.07, 6.45) is 4.71. The van der Waals surface area contributed by atoms with Gasteiger partial charge in [0.05, 0.1) is 12.5 Å². The van der Waals surface area contributed by atoms with Crippen molar-refractivity contribution < 1.29 is 9.53 Å². The molecule has 0 aromatic carbocycles. The van der Waals surface area contributed by atoms with Gasteiger partial charge in [0.25, 0.3) is 0 Å². The van der Waals surface area contributed by atoms with Crippen LogP contribution in [0, 0.1) is 5.92 Å². The van der Waals surface area contributed by atoms with E-state index in [1.54, 1.807) is 0 Å². The van der Waals surface area contributed by atoms with Crippen LogP contribution < -0.4 is 5.73 Å². The zero-order chi connectivity index (χ0) is 9.68. The second kappa shape index (κ2) is 7.07. The highest BCUT2D eigenvalue weighted by atomic mass is 35.5. The Labute approximate surface area is 91.8 Å². The summed E-state index contributed by atoms with van der Waals surface area (Å²) in [5.41, 5.74) is 5.71. The van der Waals surface area contributed by atoms with Crippen molar-refractivity contribution in [3.8, 4) is 0 Å². The topological polar surface area (TPSA) is 52.3 Å². The monoisotopic (exact) mass is 221 g/mol. The van der Waals surface area contributed by atoms with Crippen LogP contribution >= 0.6 is 12.4 Å². The molecule has 0 aromatic heterocycles. The lowest BCUT2D eigenvalue weighted by molar-refractivity contribution is -0.148. The largest absolute Gasteiger partial charge is 0.465 e. The predicted molar refractivity (Wildman–Crippen MR) is 58.4 cm³/mol. The molecule has 1 aliphatic rings. The third kappa shape index (κ3) is 4.29. The van der Waals surface area contributed by atoms with E-state index in [9.17, 15) is 4.79 Å². The second-order valence-corrected chi connectivity index (χ2v) is 3.79. The predicted octanol–water partition coefficient (Wildman–Crippen LogP) is 1.88. The molecule has 2 N–H and O–H groups in total. The van der Waals surface area contributed by atoms with E-state index in [1.165, 1.54) is 0 Å². The normalized spacial score (nSPS) is 25.6. The molecule has 2 atom stereocenters. The van der Waals surface area contributed by atoms with Gasteiger partial charge in [-0.15, -0.1) is 12.4 Å². The highest BCUT2D eigenvalue weighted by Gasteiger charge is 2.28. The number of ether oxygens (including phenoxy) is 1. The maximum atomic E-state index is 11.4. The summed E-state index contributed by atoms with van der Waals surface area (Å²) in [6, 6.07) is 0.212. The Hall–Kier alpha value is -0.280. The first-order chi connectivity index (χ1) is 6.24. The van der Waals surface area contributed by atoms with Crippen LogP contribution in [0.2, 0.25) is 0 Å². The van der Waals surface area contributed by atoms with Crippen LogP contribution in [0.4, 0.5) is 0 Å². The third-order valence-corrected chi connectivity index (χ3v) is 2.55. The molecule has 0 aliphatic heterocycles. The highest BCUT2D eigenvalue weighted by molar-refractivity contribution is 5.85. The molecular formula is C10H20ClNO2. The van der Waals surface area contributed by atoms with Crippen LogP contribution in [-0.4, -0.2) is 18.6 Å². The van der Waals surface area contributed by atoms with Crippen molar-refractivity contribution in [2.75, 3.05) is 6.61 Å². The molecule has 0 aromatic rings. The van der Waals surface area contributed by atoms with Gasteiger partial charge >= 0.3 is 5.97 Å². The van der Waals surface area contributed by atoms with Gasteiger partial charge in [-0.3, -0.25) is 4.79 Å². The lowest BCUT2D eigenvalue weighted by Crippen LogP contribution is -2.19. The number of hydrogen-bond acceptors (Lipinski definition) is 3. The smallest absolute Gasteiger partial charge is 0.308 e. The molecule has 0 amide bonds. The average Bonchev–Trinajstić information content (AvgIpc) is 2.52. The van der Waals surface area contributed by atoms with Gasteiger partial charge in [0.15, 0.2) is 0 Å². The first-order valence-corrected chi connectivity index (χ1v) is 5.16. The van der Waals surface area contributed by atoms with Gasteiger partial charge in [-0.25, -0.2) is 0 Å². The standard InChI is InChI=1S/C10H19NO2.ClH/c1-2-3-6-13-10(12)8-4-5-9(11)7-8;/h8-9H,2-7,11H2,1H3;1H. The molecule has 2 unspecified atom stereocenters. The van der Waals surface area contributed by atoms with Crippen LogP contribution in [-0.2, 0) is 9.53 Å². The number of esters is 1. The van der Waals surface area contributed by atoms with E-state index in [-0.39, 0.29) is 30.3 Å². The van der Waals surface area contributed by atoms with E-state index in [0.717, 1.165) is 32.1 Å². The van der Waals surface area contributed by atoms with E-state index < -0.39 is 0 Å². The van der Waals surface area contributed by atoms with Gasteiger partial charge in [-0.1, -0.05) is 13.3 Å². The maximum absolute atomic E-state index is 11.4. The number of halogens is 1. The molecule has 0 heterocycles. The zero-order valence-electron chi connectivity index (χ0n) is 8.70. The average molecular weight is 222 g/mol. The number of carbonyl (C=O) groups is 1. The molecule has 1 aliphatic carbocycles. The van der Waals surface area contributed by atoms with Crippen LogP contribution in [0.1, 0.15) is 39.0 Å². The quantitative estimate of drug-likeness (QED) is 0.583. The Balaban J connectivity index is 0.00000169. The summed E-state index contributed by atoms with van der Waals surface area (Å²) in [4.78, 5) is 11.4. The summed E-state index contributed by atoms with van der Waals surface area (Å²) in [7, 11) is 0. The molecule has 14 heavy (non-hydrogen) atoms. The molecule has 3 nitrogen and oxygen atoms in total. The molecule has 84 valence electrons. The van der Waals surface area contributed by atoms with Gasteiger partial charge in [0, 0.05) is 6.04 Å². The molecule has 1 fully saturated rings. The minimum atomic E-state index is -0.0404. The fourth-order valence-electron chi connectivity index (χ4n) is 1.67.